The second-order valence-corrected chi connectivity index (χ2v) is 7.99. The van der Waals surface area contributed by atoms with E-state index < -0.39 is 6.17 Å². The van der Waals surface area contributed by atoms with Crippen LogP contribution in [0, 0.1) is 0 Å². The molecule has 0 bridgehead atoms. The highest BCUT2D eigenvalue weighted by atomic mass is 32.1. The van der Waals surface area contributed by atoms with Gasteiger partial charge in [0.2, 0.25) is 0 Å². The number of phenolic OH excluding ortho intramolecular Hbond substituents is 1. The number of nitrogens with zero attached hydrogens (tertiary/aromatic N) is 1. The standard InChI is InChI=1S/C20H25N3O2S/c1-3-23(4-2)12-9-10-13(15(24)11-12)18-21-19(25)17-14-7-5-6-8-16(14)26-20(17)22-18/h9-11,18,22,24H,3-8H2,1-2H3,(H,21,25). The van der Waals surface area contributed by atoms with Crippen LogP contribution in [0.2, 0.25) is 0 Å². The van der Waals surface area contributed by atoms with Crippen LogP contribution in [0.15, 0.2) is 18.2 Å². The first-order valence-electron chi connectivity index (χ1n) is 9.42. The Morgan fingerprint density at radius 3 is 2.69 bits per heavy atom. The normalized spacial score (nSPS) is 18.5. The van der Waals surface area contributed by atoms with E-state index in [9.17, 15) is 9.90 Å². The number of carbonyl (C=O) groups excluding carboxylic acids is 1. The molecule has 0 spiro atoms. The molecule has 138 valence electrons. The molecular formula is C20H25N3O2S. The van der Waals surface area contributed by atoms with Crippen molar-refractivity contribution in [3.05, 3.63) is 39.8 Å². The van der Waals surface area contributed by atoms with Crippen molar-refractivity contribution in [2.24, 2.45) is 0 Å². The molecule has 1 unspecified atom stereocenters. The van der Waals surface area contributed by atoms with Gasteiger partial charge < -0.3 is 20.6 Å². The van der Waals surface area contributed by atoms with Crippen molar-refractivity contribution < 1.29 is 9.90 Å². The summed E-state index contributed by atoms with van der Waals surface area (Å²) in [5.74, 6) is 0.173. The Hall–Kier alpha value is -2.21. The van der Waals surface area contributed by atoms with Gasteiger partial charge in [0.05, 0.1) is 5.56 Å². The van der Waals surface area contributed by atoms with Crippen LogP contribution >= 0.6 is 11.3 Å². The predicted molar refractivity (Wildman–Crippen MR) is 106 cm³/mol. The molecule has 1 aromatic heterocycles. The van der Waals surface area contributed by atoms with Crippen LogP contribution in [-0.2, 0) is 12.8 Å². The van der Waals surface area contributed by atoms with Crippen molar-refractivity contribution in [1.82, 2.24) is 5.32 Å². The fourth-order valence-corrected chi connectivity index (χ4v) is 5.31. The Kier molecular flexibility index (Phi) is 4.53. The predicted octanol–water partition coefficient (Wildman–Crippen LogP) is 4.03. The molecule has 0 saturated heterocycles. The number of aromatic hydroxyl groups is 1. The average molecular weight is 372 g/mol. The molecule has 6 heteroatoms. The molecule has 2 heterocycles. The Morgan fingerprint density at radius 1 is 1.19 bits per heavy atom. The minimum Gasteiger partial charge on any atom is -0.507 e. The van der Waals surface area contributed by atoms with Gasteiger partial charge in [-0.25, -0.2) is 0 Å². The first-order valence-corrected chi connectivity index (χ1v) is 10.2. The maximum absolute atomic E-state index is 12.7. The lowest BCUT2D eigenvalue weighted by atomic mass is 9.94. The van der Waals surface area contributed by atoms with Gasteiger partial charge in [-0.1, -0.05) is 0 Å². The van der Waals surface area contributed by atoms with Gasteiger partial charge >= 0.3 is 0 Å². The molecule has 3 N–H and O–H groups in total. The van der Waals surface area contributed by atoms with Gasteiger partial charge in [-0.2, -0.15) is 0 Å². The third-order valence-electron chi connectivity index (χ3n) is 5.40. The number of aryl methyl sites for hydroxylation is 1. The van der Waals surface area contributed by atoms with E-state index in [1.807, 2.05) is 12.1 Å². The van der Waals surface area contributed by atoms with E-state index in [1.54, 1.807) is 17.4 Å². The van der Waals surface area contributed by atoms with Crippen molar-refractivity contribution in [1.29, 1.82) is 0 Å². The van der Waals surface area contributed by atoms with Gasteiger partial charge in [0.1, 0.15) is 16.9 Å². The lowest BCUT2D eigenvalue weighted by Crippen LogP contribution is -2.38. The number of phenols is 1. The molecule has 2 aliphatic rings. The fourth-order valence-electron chi connectivity index (χ4n) is 4.00. The van der Waals surface area contributed by atoms with Gasteiger partial charge in [0.25, 0.3) is 5.91 Å². The van der Waals surface area contributed by atoms with Crippen molar-refractivity contribution in [2.45, 2.75) is 45.7 Å². The molecule has 26 heavy (non-hydrogen) atoms. The van der Waals surface area contributed by atoms with Gasteiger partial charge in [0, 0.05) is 35.3 Å². The number of fused-ring (bicyclic) bond motifs is 3. The van der Waals surface area contributed by atoms with Crippen LogP contribution in [-0.4, -0.2) is 24.1 Å². The number of hydrogen-bond donors (Lipinski definition) is 3. The number of hydrogen-bond acceptors (Lipinski definition) is 5. The molecule has 1 aliphatic carbocycles. The maximum Gasteiger partial charge on any atom is 0.256 e. The van der Waals surface area contributed by atoms with Crippen LogP contribution in [0.25, 0.3) is 0 Å². The van der Waals surface area contributed by atoms with Crippen LogP contribution < -0.4 is 15.5 Å². The van der Waals surface area contributed by atoms with Crippen molar-refractivity contribution in [2.75, 3.05) is 23.3 Å². The summed E-state index contributed by atoms with van der Waals surface area (Å²) in [5, 5.41) is 18.0. The molecule has 1 atom stereocenters. The summed E-state index contributed by atoms with van der Waals surface area (Å²) < 4.78 is 0. The van der Waals surface area contributed by atoms with Crippen molar-refractivity contribution in [3.63, 3.8) is 0 Å². The maximum atomic E-state index is 12.7. The van der Waals surface area contributed by atoms with Crippen LogP contribution in [0.1, 0.15) is 59.2 Å². The molecule has 2 aromatic rings. The third-order valence-corrected chi connectivity index (χ3v) is 6.63. The second-order valence-electron chi connectivity index (χ2n) is 6.88. The Morgan fingerprint density at radius 2 is 1.96 bits per heavy atom. The van der Waals surface area contributed by atoms with Gasteiger partial charge in [-0.15, -0.1) is 11.3 Å². The van der Waals surface area contributed by atoms with Crippen LogP contribution in [0.3, 0.4) is 0 Å². The van der Waals surface area contributed by atoms with E-state index in [4.69, 9.17) is 0 Å². The highest BCUT2D eigenvalue weighted by Gasteiger charge is 2.32. The molecule has 1 amide bonds. The largest absolute Gasteiger partial charge is 0.507 e. The molecule has 5 nitrogen and oxygen atoms in total. The van der Waals surface area contributed by atoms with E-state index in [0.717, 1.165) is 48.6 Å². The molecule has 0 saturated carbocycles. The number of benzene rings is 1. The SMILES string of the molecule is CCN(CC)c1ccc(C2NC(=O)c3c(sc4c3CCCC4)N2)c(O)c1. The number of carbonyl (C=O) groups is 1. The third kappa shape index (κ3) is 2.82. The van der Waals surface area contributed by atoms with Gasteiger partial charge in [-0.05, 0) is 57.2 Å². The lowest BCUT2D eigenvalue weighted by Gasteiger charge is -2.28. The minimum atomic E-state index is -0.402. The smallest absolute Gasteiger partial charge is 0.256 e. The van der Waals surface area contributed by atoms with E-state index in [2.05, 4.69) is 29.4 Å². The number of nitrogens with one attached hydrogen (secondary N) is 2. The van der Waals surface area contributed by atoms with Gasteiger partial charge in [0.15, 0.2) is 0 Å². The summed E-state index contributed by atoms with van der Waals surface area (Å²) in [7, 11) is 0. The lowest BCUT2D eigenvalue weighted by molar-refractivity contribution is 0.0935. The quantitative estimate of drug-likeness (QED) is 0.759. The number of rotatable bonds is 4. The summed E-state index contributed by atoms with van der Waals surface area (Å²) in [6.07, 6.45) is 4.01. The highest BCUT2D eigenvalue weighted by molar-refractivity contribution is 7.16. The minimum absolute atomic E-state index is 0.0321. The van der Waals surface area contributed by atoms with E-state index in [-0.39, 0.29) is 11.7 Å². The van der Waals surface area contributed by atoms with E-state index in [0.29, 0.717) is 5.56 Å². The molecule has 0 radical (unpaired) electrons. The number of anilines is 2. The van der Waals surface area contributed by atoms with Crippen molar-refractivity contribution >= 4 is 27.9 Å². The molecule has 1 aromatic carbocycles. The average Bonchev–Trinajstić information content (AvgIpc) is 3.01. The number of amides is 1. The topological polar surface area (TPSA) is 64.6 Å². The van der Waals surface area contributed by atoms with Crippen molar-refractivity contribution in [3.8, 4) is 5.75 Å². The number of thiophene rings is 1. The Labute approximate surface area is 158 Å². The van der Waals surface area contributed by atoms with Gasteiger partial charge in [-0.3, -0.25) is 4.79 Å². The molecular weight excluding hydrogens is 346 g/mol. The second kappa shape index (κ2) is 6.83. The molecule has 4 rings (SSSR count). The first kappa shape index (κ1) is 17.2. The zero-order valence-electron chi connectivity index (χ0n) is 15.3. The zero-order chi connectivity index (χ0) is 18.3. The van der Waals surface area contributed by atoms with Crippen LogP contribution in [0.4, 0.5) is 10.7 Å². The summed E-state index contributed by atoms with van der Waals surface area (Å²) >= 11 is 1.70. The van der Waals surface area contributed by atoms with Crippen LogP contribution in [0.5, 0.6) is 5.75 Å². The van der Waals surface area contributed by atoms with E-state index >= 15 is 0 Å². The first-order chi connectivity index (χ1) is 12.6. The summed E-state index contributed by atoms with van der Waals surface area (Å²) in [4.78, 5) is 16.3. The molecule has 0 fully saturated rings. The summed E-state index contributed by atoms with van der Waals surface area (Å²) in [6, 6.07) is 5.69. The summed E-state index contributed by atoms with van der Waals surface area (Å²) in [6.45, 7) is 5.96. The van der Waals surface area contributed by atoms with E-state index in [1.165, 1.54) is 16.9 Å². The zero-order valence-corrected chi connectivity index (χ0v) is 16.1. The monoisotopic (exact) mass is 371 g/mol. The highest BCUT2D eigenvalue weighted by Crippen LogP contribution is 2.42. The Bertz CT molecular complexity index is 842. The summed E-state index contributed by atoms with van der Waals surface area (Å²) in [5.41, 5.74) is 3.73. The fraction of sp³-hybridized carbons (Fsp3) is 0.450. The molecule has 1 aliphatic heterocycles. The Balaban J connectivity index is 1.64.